The third-order valence-electron chi connectivity index (χ3n) is 3.12. The first-order valence-corrected chi connectivity index (χ1v) is 7.53. The number of Topliss-reactive ketones (excluding diaryl/α,β-unsaturated/α-hetero) is 1. The van der Waals surface area contributed by atoms with Crippen LogP contribution in [0.15, 0.2) is 18.2 Å². The number of rotatable bonds is 6. The molecule has 23 heavy (non-hydrogen) atoms. The van der Waals surface area contributed by atoms with Crippen molar-refractivity contribution in [2.75, 3.05) is 7.11 Å². The molecule has 0 aliphatic carbocycles. The number of methoxy groups -OCH3 is 1. The number of carbonyl (C=O) groups is 2. The van der Waals surface area contributed by atoms with Crippen molar-refractivity contribution < 1.29 is 23.5 Å². The molecule has 1 unspecified atom stereocenters. The van der Waals surface area contributed by atoms with Crippen LogP contribution in [0.25, 0.3) is 0 Å². The van der Waals surface area contributed by atoms with E-state index in [0.29, 0.717) is 6.42 Å². The Balaban J connectivity index is 2.80. The van der Waals surface area contributed by atoms with Crippen LogP contribution >= 0.6 is 0 Å². The predicted molar refractivity (Wildman–Crippen MR) is 85.3 cm³/mol. The Hall–Kier alpha value is -2.11. The summed E-state index contributed by atoms with van der Waals surface area (Å²) in [7, 11) is 1.38. The summed E-state index contributed by atoms with van der Waals surface area (Å²) < 4.78 is 24.1. The monoisotopic (exact) mass is 325 g/mol. The minimum Gasteiger partial charge on any atom is -0.496 e. The maximum Gasteiger partial charge on any atom is 0.407 e. The molecule has 1 aromatic rings. The summed E-state index contributed by atoms with van der Waals surface area (Å²) in [6.45, 7) is 7.09. The smallest absolute Gasteiger partial charge is 0.407 e. The zero-order valence-electron chi connectivity index (χ0n) is 14.2. The van der Waals surface area contributed by atoms with E-state index < -0.39 is 29.3 Å². The van der Waals surface area contributed by atoms with Crippen LogP contribution < -0.4 is 10.1 Å². The molecule has 1 N–H and O–H groups in total. The van der Waals surface area contributed by atoms with E-state index in [1.54, 1.807) is 20.8 Å². The van der Waals surface area contributed by atoms with Gasteiger partial charge in [0.25, 0.3) is 0 Å². The van der Waals surface area contributed by atoms with Crippen molar-refractivity contribution in [2.24, 2.45) is 0 Å². The van der Waals surface area contributed by atoms with Gasteiger partial charge in [-0.1, -0.05) is 13.0 Å². The molecule has 0 aliphatic rings. The fourth-order valence-corrected chi connectivity index (χ4v) is 2.04. The Bertz CT molecular complexity index is 566. The highest BCUT2D eigenvalue weighted by molar-refractivity contribution is 5.99. The topological polar surface area (TPSA) is 64.6 Å². The van der Waals surface area contributed by atoms with Crippen LogP contribution in [0.1, 0.15) is 50.9 Å². The van der Waals surface area contributed by atoms with Crippen LogP contribution in [-0.2, 0) is 4.74 Å². The molecule has 0 radical (unpaired) electrons. The second kappa shape index (κ2) is 7.94. The van der Waals surface area contributed by atoms with E-state index in [2.05, 4.69) is 5.32 Å². The Labute approximate surface area is 136 Å². The van der Waals surface area contributed by atoms with Crippen molar-refractivity contribution in [1.29, 1.82) is 0 Å². The summed E-state index contributed by atoms with van der Waals surface area (Å²) in [6, 6.07) is 3.76. The van der Waals surface area contributed by atoms with Gasteiger partial charge in [0.1, 0.15) is 17.2 Å². The summed E-state index contributed by atoms with van der Waals surface area (Å²) in [5.41, 5.74) is -0.722. The van der Waals surface area contributed by atoms with Crippen molar-refractivity contribution in [1.82, 2.24) is 5.32 Å². The molecule has 1 aromatic carbocycles. The Morgan fingerprint density at radius 3 is 2.48 bits per heavy atom. The first-order chi connectivity index (χ1) is 10.7. The molecule has 0 spiro atoms. The quantitative estimate of drug-likeness (QED) is 0.810. The highest BCUT2D eigenvalue weighted by Gasteiger charge is 2.23. The molecular weight excluding hydrogens is 301 g/mol. The van der Waals surface area contributed by atoms with Gasteiger partial charge in [0, 0.05) is 12.5 Å². The number of alkyl carbamates (subject to hydrolysis) is 1. The van der Waals surface area contributed by atoms with Gasteiger partial charge in [-0.25, -0.2) is 9.18 Å². The van der Waals surface area contributed by atoms with Crippen LogP contribution in [0.5, 0.6) is 5.75 Å². The van der Waals surface area contributed by atoms with E-state index >= 15 is 0 Å². The molecule has 1 rings (SSSR count). The maximum absolute atomic E-state index is 13.9. The number of nitrogens with one attached hydrogen (secondary N) is 1. The fraction of sp³-hybridized carbons (Fsp3) is 0.529. The lowest BCUT2D eigenvalue weighted by molar-refractivity contribution is 0.0500. The largest absolute Gasteiger partial charge is 0.496 e. The summed E-state index contributed by atoms with van der Waals surface area (Å²) in [5.74, 6) is -0.883. The normalized spacial score (nSPS) is 12.4. The van der Waals surface area contributed by atoms with Crippen LogP contribution in [-0.4, -0.2) is 30.6 Å². The summed E-state index contributed by atoms with van der Waals surface area (Å²) in [4.78, 5) is 24.2. The van der Waals surface area contributed by atoms with Crippen molar-refractivity contribution in [3.8, 4) is 5.75 Å². The van der Waals surface area contributed by atoms with Gasteiger partial charge in [0.15, 0.2) is 5.78 Å². The van der Waals surface area contributed by atoms with Crippen LogP contribution in [0.2, 0.25) is 0 Å². The van der Waals surface area contributed by atoms with E-state index in [1.165, 1.54) is 25.3 Å². The van der Waals surface area contributed by atoms with E-state index in [-0.39, 0.29) is 17.7 Å². The lowest BCUT2D eigenvalue weighted by atomic mass is 10.0. The molecule has 0 bridgehead atoms. The van der Waals surface area contributed by atoms with Gasteiger partial charge in [-0.05, 0) is 39.3 Å². The highest BCUT2D eigenvalue weighted by Crippen LogP contribution is 2.23. The molecule has 5 nitrogen and oxygen atoms in total. The fourth-order valence-electron chi connectivity index (χ4n) is 2.04. The number of halogens is 1. The highest BCUT2D eigenvalue weighted by atomic mass is 19.1. The van der Waals surface area contributed by atoms with E-state index in [9.17, 15) is 14.0 Å². The third kappa shape index (κ3) is 5.88. The Morgan fingerprint density at radius 2 is 1.96 bits per heavy atom. The van der Waals surface area contributed by atoms with Crippen molar-refractivity contribution in [3.05, 3.63) is 29.6 Å². The van der Waals surface area contributed by atoms with E-state index in [4.69, 9.17) is 9.47 Å². The number of ketones is 1. The lowest BCUT2D eigenvalue weighted by Gasteiger charge is -2.23. The second-order valence-electron chi connectivity index (χ2n) is 6.20. The van der Waals surface area contributed by atoms with Crippen LogP contribution in [0.3, 0.4) is 0 Å². The number of ether oxygens (including phenoxy) is 2. The number of hydrogen-bond donors (Lipinski definition) is 1. The first-order valence-electron chi connectivity index (χ1n) is 7.53. The molecule has 0 aliphatic heterocycles. The van der Waals surface area contributed by atoms with Gasteiger partial charge < -0.3 is 14.8 Å². The standard InChI is InChI=1S/C17H24FNO4/c1-6-11(19-16(21)23-17(2,3)4)10-13(20)15-12(18)8-7-9-14(15)22-5/h7-9,11H,6,10H2,1-5H3,(H,19,21). The number of hydrogen-bond acceptors (Lipinski definition) is 4. The second-order valence-corrected chi connectivity index (χ2v) is 6.20. The van der Waals surface area contributed by atoms with Gasteiger partial charge in [0.05, 0.1) is 12.7 Å². The molecule has 128 valence electrons. The molecule has 0 fully saturated rings. The average Bonchev–Trinajstić information content (AvgIpc) is 2.43. The Kier molecular flexibility index (Phi) is 6.54. The average molecular weight is 325 g/mol. The predicted octanol–water partition coefficient (Wildman–Crippen LogP) is 3.71. The maximum atomic E-state index is 13.9. The Morgan fingerprint density at radius 1 is 1.30 bits per heavy atom. The van der Waals surface area contributed by atoms with E-state index in [1.807, 2.05) is 6.92 Å². The molecule has 0 saturated heterocycles. The molecule has 0 saturated carbocycles. The van der Waals surface area contributed by atoms with Gasteiger partial charge in [0.2, 0.25) is 0 Å². The van der Waals surface area contributed by atoms with Gasteiger partial charge in [-0.3, -0.25) is 4.79 Å². The molecule has 6 heteroatoms. The molecule has 1 amide bonds. The summed E-state index contributed by atoms with van der Waals surface area (Å²) in [6.07, 6.45) is -0.118. The third-order valence-corrected chi connectivity index (χ3v) is 3.12. The van der Waals surface area contributed by atoms with Crippen molar-refractivity contribution >= 4 is 11.9 Å². The molecule has 0 aromatic heterocycles. The number of carbonyl (C=O) groups excluding carboxylic acids is 2. The zero-order valence-corrected chi connectivity index (χ0v) is 14.2. The molecular formula is C17H24FNO4. The first kappa shape index (κ1) is 18.9. The minimum atomic E-state index is -0.638. The zero-order chi connectivity index (χ0) is 17.6. The summed E-state index contributed by atoms with van der Waals surface area (Å²) in [5, 5.41) is 2.64. The number of amides is 1. The lowest BCUT2D eigenvalue weighted by Crippen LogP contribution is -2.40. The minimum absolute atomic E-state index is 0.0347. The van der Waals surface area contributed by atoms with Crippen molar-refractivity contribution in [2.45, 2.75) is 52.2 Å². The van der Waals surface area contributed by atoms with Crippen molar-refractivity contribution in [3.63, 3.8) is 0 Å². The van der Waals surface area contributed by atoms with Gasteiger partial charge in [-0.15, -0.1) is 0 Å². The molecule has 0 heterocycles. The SMILES string of the molecule is CCC(CC(=O)c1c(F)cccc1OC)NC(=O)OC(C)(C)C. The van der Waals surface area contributed by atoms with Crippen LogP contribution in [0.4, 0.5) is 9.18 Å². The summed E-state index contributed by atoms with van der Waals surface area (Å²) >= 11 is 0. The van der Waals surface area contributed by atoms with Gasteiger partial charge >= 0.3 is 6.09 Å². The molecule has 1 atom stereocenters. The van der Waals surface area contributed by atoms with Gasteiger partial charge in [-0.2, -0.15) is 0 Å². The van der Waals surface area contributed by atoms with E-state index in [0.717, 1.165) is 0 Å². The van der Waals surface area contributed by atoms with Crippen LogP contribution in [0, 0.1) is 5.82 Å². The number of benzene rings is 1.